The second kappa shape index (κ2) is 9.94. The van der Waals surface area contributed by atoms with E-state index in [1.54, 1.807) is 0 Å². The number of aromatic nitrogens is 1. The zero-order valence-electron chi connectivity index (χ0n) is 16.2. The van der Waals surface area contributed by atoms with Gasteiger partial charge in [0.1, 0.15) is 6.26 Å². The van der Waals surface area contributed by atoms with Crippen molar-refractivity contribution in [3.05, 3.63) is 47.7 Å². The Bertz CT molecular complexity index is 819. The number of carbonyl (C=O) groups excluding carboxylic acids is 2. The molecule has 0 radical (unpaired) electrons. The Kier molecular flexibility index (Phi) is 7.63. The van der Waals surface area contributed by atoms with Gasteiger partial charge in [0.2, 0.25) is 5.89 Å². The number of benzene rings is 1. The first-order valence-electron chi connectivity index (χ1n) is 9.20. The third kappa shape index (κ3) is 6.51. The van der Waals surface area contributed by atoms with Crippen LogP contribution in [0.2, 0.25) is 0 Å². The monoisotopic (exact) mass is 412 g/mol. The Balaban J connectivity index is 2.02. The molecule has 29 heavy (non-hydrogen) atoms. The van der Waals surface area contributed by atoms with Gasteiger partial charge in [-0.2, -0.15) is 13.2 Å². The maximum Gasteiger partial charge on any atom is 0.416 e. The van der Waals surface area contributed by atoms with Gasteiger partial charge in [-0.1, -0.05) is 13.8 Å². The first kappa shape index (κ1) is 22.3. The van der Waals surface area contributed by atoms with Crippen LogP contribution >= 0.6 is 0 Å². The number of oxazole rings is 1. The van der Waals surface area contributed by atoms with Gasteiger partial charge in [-0.05, 0) is 37.1 Å². The van der Waals surface area contributed by atoms with Crippen LogP contribution in [0.4, 0.5) is 23.7 Å². The van der Waals surface area contributed by atoms with E-state index in [1.165, 1.54) is 23.3 Å². The molecule has 158 valence electrons. The SMILES string of the molecule is CCCNC(=O)c1coc(CN(CCC)C(=O)Nc2ccc(C(F)(F)F)cc2)n1. The topological polar surface area (TPSA) is 87.5 Å². The number of nitrogens with zero attached hydrogens (tertiary/aromatic N) is 2. The molecule has 0 aliphatic rings. The molecule has 0 unspecified atom stereocenters. The molecule has 0 atom stereocenters. The van der Waals surface area contributed by atoms with E-state index < -0.39 is 17.8 Å². The number of nitrogens with one attached hydrogen (secondary N) is 2. The number of alkyl halides is 3. The van der Waals surface area contributed by atoms with Crippen LogP contribution in [0.5, 0.6) is 0 Å². The lowest BCUT2D eigenvalue weighted by Gasteiger charge is -2.21. The first-order valence-corrected chi connectivity index (χ1v) is 9.20. The molecular weight excluding hydrogens is 389 g/mol. The van der Waals surface area contributed by atoms with Gasteiger partial charge in [-0.25, -0.2) is 9.78 Å². The second-order valence-electron chi connectivity index (χ2n) is 6.31. The fourth-order valence-electron chi connectivity index (χ4n) is 2.45. The maximum atomic E-state index is 12.6. The molecule has 1 aromatic carbocycles. The van der Waals surface area contributed by atoms with E-state index in [1.807, 2.05) is 13.8 Å². The van der Waals surface area contributed by atoms with Gasteiger partial charge in [-0.3, -0.25) is 4.79 Å². The number of amides is 3. The van der Waals surface area contributed by atoms with Gasteiger partial charge in [0, 0.05) is 18.8 Å². The van der Waals surface area contributed by atoms with Crippen molar-refractivity contribution in [3.63, 3.8) is 0 Å². The van der Waals surface area contributed by atoms with Crippen molar-refractivity contribution in [2.24, 2.45) is 0 Å². The molecule has 7 nitrogen and oxygen atoms in total. The van der Waals surface area contributed by atoms with Crippen LogP contribution in [-0.4, -0.2) is 34.9 Å². The van der Waals surface area contributed by atoms with E-state index >= 15 is 0 Å². The average Bonchev–Trinajstić information content (AvgIpc) is 3.14. The molecule has 0 saturated heterocycles. The quantitative estimate of drug-likeness (QED) is 0.678. The van der Waals surface area contributed by atoms with Crippen molar-refractivity contribution in [1.29, 1.82) is 0 Å². The van der Waals surface area contributed by atoms with E-state index in [2.05, 4.69) is 15.6 Å². The van der Waals surface area contributed by atoms with Crippen LogP contribution in [0, 0.1) is 0 Å². The summed E-state index contributed by atoms with van der Waals surface area (Å²) in [7, 11) is 0. The van der Waals surface area contributed by atoms with Gasteiger partial charge in [0.25, 0.3) is 5.91 Å². The van der Waals surface area contributed by atoms with Gasteiger partial charge in [-0.15, -0.1) is 0 Å². The molecule has 0 bridgehead atoms. The number of carbonyl (C=O) groups is 2. The zero-order chi connectivity index (χ0) is 21.4. The molecule has 2 aromatic rings. The van der Waals surface area contributed by atoms with Crippen molar-refractivity contribution >= 4 is 17.6 Å². The van der Waals surface area contributed by atoms with Crippen molar-refractivity contribution in [1.82, 2.24) is 15.2 Å². The Morgan fingerprint density at radius 1 is 1.14 bits per heavy atom. The number of rotatable bonds is 8. The summed E-state index contributed by atoms with van der Waals surface area (Å²) in [5, 5.41) is 5.23. The zero-order valence-corrected chi connectivity index (χ0v) is 16.2. The second-order valence-corrected chi connectivity index (χ2v) is 6.31. The van der Waals surface area contributed by atoms with Crippen LogP contribution in [0.15, 0.2) is 34.9 Å². The highest BCUT2D eigenvalue weighted by Crippen LogP contribution is 2.29. The van der Waals surface area contributed by atoms with Crippen LogP contribution < -0.4 is 10.6 Å². The molecule has 0 spiro atoms. The summed E-state index contributed by atoms with van der Waals surface area (Å²) in [4.78, 5) is 29.9. The van der Waals surface area contributed by atoms with Gasteiger partial charge in [0.05, 0.1) is 12.1 Å². The van der Waals surface area contributed by atoms with Crippen LogP contribution in [0.3, 0.4) is 0 Å². The molecule has 0 aliphatic carbocycles. The van der Waals surface area contributed by atoms with Gasteiger partial charge >= 0.3 is 12.2 Å². The van der Waals surface area contributed by atoms with Crippen molar-refractivity contribution in [3.8, 4) is 0 Å². The molecule has 10 heteroatoms. The Morgan fingerprint density at radius 3 is 2.41 bits per heavy atom. The van der Waals surface area contributed by atoms with Crippen molar-refractivity contribution < 1.29 is 27.2 Å². The minimum Gasteiger partial charge on any atom is -0.446 e. The molecule has 0 aliphatic heterocycles. The third-order valence-corrected chi connectivity index (χ3v) is 3.89. The summed E-state index contributed by atoms with van der Waals surface area (Å²) in [6.45, 7) is 4.69. The summed E-state index contributed by atoms with van der Waals surface area (Å²) in [6, 6.07) is 3.66. The first-order chi connectivity index (χ1) is 13.7. The summed E-state index contributed by atoms with van der Waals surface area (Å²) >= 11 is 0. The molecule has 2 rings (SSSR count). The highest BCUT2D eigenvalue weighted by Gasteiger charge is 2.30. The normalized spacial score (nSPS) is 11.2. The summed E-state index contributed by atoms with van der Waals surface area (Å²) < 4.78 is 43.2. The van der Waals surface area contributed by atoms with Crippen molar-refractivity contribution in [2.75, 3.05) is 18.4 Å². The lowest BCUT2D eigenvalue weighted by Crippen LogP contribution is -2.35. The number of hydrogen-bond acceptors (Lipinski definition) is 4. The number of anilines is 1. The minimum absolute atomic E-state index is 0.0152. The van der Waals surface area contributed by atoms with E-state index in [0.717, 1.165) is 18.6 Å². The highest BCUT2D eigenvalue weighted by atomic mass is 19.4. The molecule has 1 heterocycles. The third-order valence-electron chi connectivity index (χ3n) is 3.89. The summed E-state index contributed by atoms with van der Waals surface area (Å²) in [5.41, 5.74) is -0.446. The largest absolute Gasteiger partial charge is 0.446 e. The lowest BCUT2D eigenvalue weighted by molar-refractivity contribution is -0.137. The number of urea groups is 1. The molecule has 0 fully saturated rings. The number of hydrogen-bond donors (Lipinski definition) is 2. The predicted molar refractivity (Wildman–Crippen MR) is 100 cm³/mol. The Morgan fingerprint density at radius 2 is 1.83 bits per heavy atom. The standard InChI is InChI=1S/C19H23F3N4O3/c1-3-9-23-17(27)15-12-29-16(25-15)11-26(10-4-2)18(28)24-14-7-5-13(6-8-14)19(20,21)22/h5-8,12H,3-4,9-11H2,1-2H3,(H,23,27)(H,24,28). The summed E-state index contributed by atoms with van der Waals surface area (Å²) in [5.74, 6) is -0.180. The maximum absolute atomic E-state index is 12.6. The number of halogens is 3. The predicted octanol–water partition coefficient (Wildman–Crippen LogP) is 4.28. The fourth-order valence-corrected chi connectivity index (χ4v) is 2.45. The molecule has 2 N–H and O–H groups in total. The lowest BCUT2D eigenvalue weighted by atomic mass is 10.2. The highest BCUT2D eigenvalue weighted by molar-refractivity contribution is 5.92. The minimum atomic E-state index is -4.44. The Labute approximate surface area is 166 Å². The van der Waals surface area contributed by atoms with Gasteiger partial charge in [0.15, 0.2) is 5.69 Å². The van der Waals surface area contributed by atoms with E-state index in [9.17, 15) is 22.8 Å². The summed E-state index contributed by atoms with van der Waals surface area (Å²) in [6.07, 6.45) is -1.79. The average molecular weight is 412 g/mol. The van der Waals surface area contributed by atoms with Gasteiger partial charge < -0.3 is 20.0 Å². The van der Waals surface area contributed by atoms with E-state index in [-0.39, 0.29) is 29.7 Å². The van der Waals surface area contributed by atoms with Crippen LogP contribution in [-0.2, 0) is 12.7 Å². The van der Waals surface area contributed by atoms with Crippen LogP contribution in [0.25, 0.3) is 0 Å². The molecule has 1 aromatic heterocycles. The van der Waals surface area contributed by atoms with Crippen molar-refractivity contribution in [2.45, 2.75) is 39.4 Å². The molecular formula is C19H23F3N4O3. The van der Waals surface area contributed by atoms with E-state index in [0.29, 0.717) is 19.5 Å². The Hall–Kier alpha value is -3.04. The van der Waals surface area contributed by atoms with E-state index in [4.69, 9.17) is 4.42 Å². The fraction of sp³-hybridized carbons (Fsp3) is 0.421. The smallest absolute Gasteiger partial charge is 0.416 e. The molecule has 0 saturated carbocycles. The van der Waals surface area contributed by atoms with Crippen LogP contribution in [0.1, 0.15) is 48.6 Å². The molecule has 3 amide bonds.